The van der Waals surface area contributed by atoms with Gasteiger partial charge in [0.25, 0.3) is 0 Å². The summed E-state index contributed by atoms with van der Waals surface area (Å²) in [6.07, 6.45) is 1.72. The first kappa shape index (κ1) is 11.6. The van der Waals surface area contributed by atoms with Gasteiger partial charge in [0.05, 0.1) is 17.6 Å². The lowest BCUT2D eigenvalue weighted by molar-refractivity contribution is 0.529. The lowest BCUT2D eigenvalue weighted by Gasteiger charge is -2.22. The van der Waals surface area contributed by atoms with E-state index in [0.717, 1.165) is 23.7 Å². The molecule has 0 aliphatic carbocycles. The van der Waals surface area contributed by atoms with Gasteiger partial charge >= 0.3 is 0 Å². The standard InChI is InChI=1S/C14H18N2O/c1-10-5-4-6-13(15)14(10)16(3)9-12-7-8-17-11(12)2/h4-8H,9,15H2,1-3H3. The zero-order chi connectivity index (χ0) is 12.4. The molecule has 2 N–H and O–H groups in total. The third-order valence-corrected chi connectivity index (χ3v) is 3.02. The third-order valence-electron chi connectivity index (χ3n) is 3.02. The maximum absolute atomic E-state index is 6.02. The molecule has 0 fully saturated rings. The van der Waals surface area contributed by atoms with E-state index < -0.39 is 0 Å². The van der Waals surface area contributed by atoms with Gasteiger partial charge < -0.3 is 15.1 Å². The van der Waals surface area contributed by atoms with Crippen LogP contribution in [0.25, 0.3) is 0 Å². The molecule has 0 unspecified atom stereocenters. The van der Waals surface area contributed by atoms with Crippen molar-refractivity contribution < 1.29 is 4.42 Å². The number of anilines is 2. The quantitative estimate of drug-likeness (QED) is 0.824. The Bertz CT molecular complexity index is 496. The number of nitrogen functional groups attached to an aromatic ring is 1. The van der Waals surface area contributed by atoms with Crippen molar-refractivity contribution >= 4 is 11.4 Å². The number of nitrogens with zero attached hydrogens (tertiary/aromatic N) is 1. The van der Waals surface area contributed by atoms with Crippen LogP contribution in [-0.4, -0.2) is 7.05 Å². The summed E-state index contributed by atoms with van der Waals surface area (Å²) in [6, 6.07) is 7.98. The van der Waals surface area contributed by atoms with E-state index in [1.54, 1.807) is 6.26 Å². The predicted octanol–water partition coefficient (Wildman–Crippen LogP) is 3.12. The van der Waals surface area contributed by atoms with Gasteiger partial charge in [0, 0.05) is 19.2 Å². The number of hydrogen-bond acceptors (Lipinski definition) is 3. The first-order chi connectivity index (χ1) is 8.09. The van der Waals surface area contributed by atoms with Gasteiger partial charge in [-0.1, -0.05) is 12.1 Å². The van der Waals surface area contributed by atoms with Crippen LogP contribution in [0.15, 0.2) is 34.9 Å². The molecule has 1 heterocycles. The third kappa shape index (κ3) is 2.28. The molecule has 1 aromatic carbocycles. The van der Waals surface area contributed by atoms with Crippen LogP contribution >= 0.6 is 0 Å². The van der Waals surface area contributed by atoms with Gasteiger partial charge in [-0.05, 0) is 31.5 Å². The molecule has 0 radical (unpaired) electrons. The van der Waals surface area contributed by atoms with Crippen molar-refractivity contribution in [3.8, 4) is 0 Å². The molecule has 3 nitrogen and oxygen atoms in total. The Balaban J connectivity index is 2.26. The van der Waals surface area contributed by atoms with Gasteiger partial charge in [0.2, 0.25) is 0 Å². The topological polar surface area (TPSA) is 42.4 Å². The largest absolute Gasteiger partial charge is 0.469 e. The second-order valence-electron chi connectivity index (χ2n) is 4.37. The lowest BCUT2D eigenvalue weighted by Crippen LogP contribution is -2.19. The monoisotopic (exact) mass is 230 g/mol. The minimum atomic E-state index is 0.803. The first-order valence-electron chi connectivity index (χ1n) is 5.69. The van der Waals surface area contributed by atoms with Crippen molar-refractivity contribution in [2.75, 3.05) is 17.7 Å². The number of furan rings is 1. The molecule has 2 aromatic rings. The average Bonchev–Trinajstić information content (AvgIpc) is 2.64. The molecule has 2 rings (SSSR count). The summed E-state index contributed by atoms with van der Waals surface area (Å²) >= 11 is 0. The van der Waals surface area contributed by atoms with E-state index in [4.69, 9.17) is 10.2 Å². The molecule has 0 spiro atoms. The highest BCUT2D eigenvalue weighted by molar-refractivity contribution is 5.71. The predicted molar refractivity (Wildman–Crippen MR) is 71.1 cm³/mol. The molecule has 0 saturated heterocycles. The molecule has 0 saturated carbocycles. The molecule has 3 heteroatoms. The maximum atomic E-state index is 6.02. The van der Waals surface area contributed by atoms with Crippen LogP contribution in [0.5, 0.6) is 0 Å². The summed E-state index contributed by atoms with van der Waals surface area (Å²) < 4.78 is 5.30. The second kappa shape index (κ2) is 4.53. The van der Waals surface area contributed by atoms with Crippen molar-refractivity contribution in [1.82, 2.24) is 0 Å². The number of aryl methyl sites for hydroxylation is 2. The van der Waals surface area contributed by atoms with Crippen molar-refractivity contribution in [2.45, 2.75) is 20.4 Å². The van der Waals surface area contributed by atoms with E-state index in [1.807, 2.05) is 32.2 Å². The Hall–Kier alpha value is -1.90. The fourth-order valence-electron chi connectivity index (χ4n) is 2.11. The number of nitrogens with two attached hydrogens (primary N) is 1. The molecular formula is C14H18N2O. The molecule has 0 bridgehead atoms. The van der Waals surface area contributed by atoms with Gasteiger partial charge in [-0.15, -0.1) is 0 Å². The van der Waals surface area contributed by atoms with Crippen LogP contribution in [-0.2, 0) is 6.54 Å². The maximum Gasteiger partial charge on any atom is 0.105 e. The Labute approximate surface area is 102 Å². The smallest absolute Gasteiger partial charge is 0.105 e. The Morgan fingerprint density at radius 3 is 2.59 bits per heavy atom. The first-order valence-corrected chi connectivity index (χ1v) is 5.69. The SMILES string of the molecule is Cc1cccc(N)c1N(C)Cc1ccoc1C. The van der Waals surface area contributed by atoms with E-state index in [2.05, 4.69) is 17.9 Å². The summed E-state index contributed by atoms with van der Waals surface area (Å²) in [7, 11) is 2.05. The van der Waals surface area contributed by atoms with Gasteiger partial charge in [0.15, 0.2) is 0 Å². The van der Waals surface area contributed by atoms with Crippen LogP contribution in [0, 0.1) is 13.8 Å². The van der Waals surface area contributed by atoms with Crippen LogP contribution in [0.4, 0.5) is 11.4 Å². The van der Waals surface area contributed by atoms with E-state index in [0.29, 0.717) is 0 Å². The zero-order valence-corrected chi connectivity index (χ0v) is 10.5. The highest BCUT2D eigenvalue weighted by atomic mass is 16.3. The summed E-state index contributed by atoms with van der Waals surface area (Å²) in [5.41, 5.74) is 10.3. The van der Waals surface area contributed by atoms with E-state index in [-0.39, 0.29) is 0 Å². The van der Waals surface area contributed by atoms with E-state index in [1.165, 1.54) is 11.1 Å². The lowest BCUT2D eigenvalue weighted by atomic mass is 10.1. The van der Waals surface area contributed by atoms with E-state index in [9.17, 15) is 0 Å². The Kier molecular flexibility index (Phi) is 3.09. The zero-order valence-electron chi connectivity index (χ0n) is 10.5. The van der Waals surface area contributed by atoms with Crippen molar-refractivity contribution in [2.24, 2.45) is 0 Å². The second-order valence-corrected chi connectivity index (χ2v) is 4.37. The molecule has 90 valence electrons. The van der Waals surface area contributed by atoms with Crippen molar-refractivity contribution in [3.05, 3.63) is 47.4 Å². The molecule has 1 aromatic heterocycles. The summed E-state index contributed by atoms with van der Waals surface area (Å²) in [6.45, 7) is 4.85. The molecule has 0 aliphatic rings. The van der Waals surface area contributed by atoms with Crippen molar-refractivity contribution in [3.63, 3.8) is 0 Å². The molecule has 0 atom stereocenters. The van der Waals surface area contributed by atoms with Crippen molar-refractivity contribution in [1.29, 1.82) is 0 Å². The van der Waals surface area contributed by atoms with Crippen LogP contribution in [0.2, 0.25) is 0 Å². The molecule has 17 heavy (non-hydrogen) atoms. The minimum Gasteiger partial charge on any atom is -0.469 e. The number of benzene rings is 1. The highest BCUT2D eigenvalue weighted by Gasteiger charge is 2.10. The Morgan fingerprint density at radius 1 is 1.24 bits per heavy atom. The fraction of sp³-hybridized carbons (Fsp3) is 0.286. The number of rotatable bonds is 3. The minimum absolute atomic E-state index is 0.803. The Morgan fingerprint density at radius 2 is 2.00 bits per heavy atom. The van der Waals surface area contributed by atoms with Crippen LogP contribution in [0.1, 0.15) is 16.9 Å². The molecule has 0 aliphatic heterocycles. The van der Waals surface area contributed by atoms with Gasteiger partial charge in [-0.2, -0.15) is 0 Å². The fourth-order valence-corrected chi connectivity index (χ4v) is 2.11. The summed E-state index contributed by atoms with van der Waals surface area (Å²) in [4.78, 5) is 2.16. The average molecular weight is 230 g/mol. The number of para-hydroxylation sites is 1. The summed E-state index contributed by atoms with van der Waals surface area (Å²) in [5.74, 6) is 0.962. The van der Waals surface area contributed by atoms with Gasteiger partial charge in [-0.25, -0.2) is 0 Å². The van der Waals surface area contributed by atoms with Crippen LogP contribution in [0.3, 0.4) is 0 Å². The van der Waals surface area contributed by atoms with Gasteiger partial charge in [0.1, 0.15) is 5.76 Å². The highest BCUT2D eigenvalue weighted by Crippen LogP contribution is 2.27. The van der Waals surface area contributed by atoms with E-state index >= 15 is 0 Å². The van der Waals surface area contributed by atoms with Crippen LogP contribution < -0.4 is 10.6 Å². The number of hydrogen-bond donors (Lipinski definition) is 1. The molecule has 0 amide bonds. The molecular weight excluding hydrogens is 212 g/mol. The van der Waals surface area contributed by atoms with Gasteiger partial charge in [-0.3, -0.25) is 0 Å². The normalized spacial score (nSPS) is 10.5. The summed E-state index contributed by atoms with van der Waals surface area (Å²) in [5, 5.41) is 0.